The second-order valence-corrected chi connectivity index (χ2v) is 7.71. The third-order valence-electron chi connectivity index (χ3n) is 5.28. The lowest BCUT2D eigenvalue weighted by Gasteiger charge is -2.14. The fourth-order valence-electron chi connectivity index (χ4n) is 3.62. The number of ketones is 1. The van der Waals surface area contributed by atoms with Crippen molar-refractivity contribution < 1.29 is 28.7 Å². The highest BCUT2D eigenvalue weighted by Gasteiger charge is 2.37. The molecule has 0 aromatic heterocycles. The van der Waals surface area contributed by atoms with Crippen molar-refractivity contribution in [3.05, 3.63) is 95.1 Å². The molecule has 0 bridgehead atoms. The molecule has 0 spiro atoms. The number of rotatable bonds is 6. The van der Waals surface area contributed by atoms with Crippen LogP contribution in [0, 0.1) is 0 Å². The van der Waals surface area contributed by atoms with Gasteiger partial charge < -0.3 is 10.1 Å². The van der Waals surface area contributed by atoms with Crippen LogP contribution in [0.15, 0.2) is 72.8 Å². The first-order valence-corrected chi connectivity index (χ1v) is 10.5. The van der Waals surface area contributed by atoms with Crippen molar-refractivity contribution in [3.8, 4) is 0 Å². The lowest BCUT2D eigenvalue weighted by atomic mass is 10.1. The molecule has 8 nitrogen and oxygen atoms in total. The summed E-state index contributed by atoms with van der Waals surface area (Å²) >= 11 is 0. The number of hydrogen-bond acceptors (Lipinski definition) is 6. The highest BCUT2D eigenvalue weighted by atomic mass is 16.5. The van der Waals surface area contributed by atoms with Gasteiger partial charge in [-0.15, -0.1) is 0 Å². The number of anilines is 2. The molecule has 0 radical (unpaired) electrons. The largest absolute Gasteiger partial charge is 0.451 e. The van der Waals surface area contributed by atoms with Crippen LogP contribution in [0.1, 0.15) is 55.3 Å². The van der Waals surface area contributed by atoms with Crippen LogP contribution in [0.25, 0.3) is 0 Å². The molecule has 8 heteroatoms. The number of carbonyl (C=O) groups is 5. The van der Waals surface area contributed by atoms with Gasteiger partial charge in [-0.1, -0.05) is 30.3 Å². The van der Waals surface area contributed by atoms with Gasteiger partial charge in [0.1, 0.15) is 0 Å². The number of ether oxygens (including phenoxy) is 1. The van der Waals surface area contributed by atoms with Crippen molar-refractivity contribution in [3.63, 3.8) is 0 Å². The summed E-state index contributed by atoms with van der Waals surface area (Å²) in [6.07, 6.45) is -1.03. The van der Waals surface area contributed by atoms with Crippen LogP contribution in [-0.4, -0.2) is 35.6 Å². The fourth-order valence-corrected chi connectivity index (χ4v) is 3.62. The third kappa shape index (κ3) is 4.33. The SMILES string of the molecule is CC(=O)Nc1ccc(N2C(=O)c3ccc(C(=O)OC(C)C(=O)c4ccccc4)cc3C2=O)cc1. The van der Waals surface area contributed by atoms with Gasteiger partial charge in [0.05, 0.1) is 22.4 Å². The molecule has 0 saturated carbocycles. The van der Waals surface area contributed by atoms with E-state index in [-0.39, 0.29) is 28.4 Å². The van der Waals surface area contributed by atoms with Gasteiger partial charge in [0.2, 0.25) is 11.7 Å². The maximum atomic E-state index is 13.0. The number of fused-ring (bicyclic) bond motifs is 1. The van der Waals surface area contributed by atoms with Gasteiger partial charge in [0.25, 0.3) is 11.8 Å². The minimum Gasteiger partial charge on any atom is -0.451 e. The summed E-state index contributed by atoms with van der Waals surface area (Å²) in [6, 6.07) is 18.8. The first-order chi connectivity index (χ1) is 16.3. The minimum atomic E-state index is -1.03. The van der Waals surface area contributed by atoms with Gasteiger partial charge in [0, 0.05) is 18.2 Å². The predicted molar refractivity (Wildman–Crippen MR) is 124 cm³/mol. The second-order valence-electron chi connectivity index (χ2n) is 7.71. The van der Waals surface area contributed by atoms with Crippen molar-refractivity contribution >= 4 is 40.8 Å². The number of Topliss-reactive ketones (excluding diaryl/α,β-unsaturated/α-hetero) is 1. The first kappa shape index (κ1) is 22.6. The molecule has 3 amide bonds. The monoisotopic (exact) mass is 456 g/mol. The topological polar surface area (TPSA) is 110 Å². The van der Waals surface area contributed by atoms with Gasteiger partial charge in [-0.2, -0.15) is 0 Å². The van der Waals surface area contributed by atoms with Crippen LogP contribution in [0.5, 0.6) is 0 Å². The van der Waals surface area contributed by atoms with Crippen LogP contribution in [0.3, 0.4) is 0 Å². The molecular weight excluding hydrogens is 436 g/mol. The van der Waals surface area contributed by atoms with Crippen LogP contribution >= 0.6 is 0 Å². The number of nitrogens with one attached hydrogen (secondary N) is 1. The Bertz CT molecular complexity index is 1310. The zero-order chi connectivity index (χ0) is 24.4. The number of nitrogens with zero attached hydrogens (tertiary/aromatic N) is 1. The van der Waals surface area contributed by atoms with Crippen molar-refractivity contribution in [2.24, 2.45) is 0 Å². The molecule has 1 unspecified atom stereocenters. The van der Waals surface area contributed by atoms with E-state index in [1.807, 2.05) is 0 Å². The van der Waals surface area contributed by atoms with Crippen molar-refractivity contribution in [1.29, 1.82) is 0 Å². The molecule has 4 rings (SSSR count). The summed E-state index contributed by atoms with van der Waals surface area (Å²) in [5.41, 5.74) is 1.53. The number of carbonyl (C=O) groups excluding carboxylic acids is 5. The maximum Gasteiger partial charge on any atom is 0.338 e. The lowest BCUT2D eigenvalue weighted by molar-refractivity contribution is -0.114. The van der Waals surface area contributed by atoms with Crippen LogP contribution in [0.4, 0.5) is 11.4 Å². The summed E-state index contributed by atoms with van der Waals surface area (Å²) in [5.74, 6) is -2.49. The normalized spacial score (nSPS) is 13.3. The average Bonchev–Trinajstić information content (AvgIpc) is 3.08. The van der Waals surface area contributed by atoms with Crippen LogP contribution in [0.2, 0.25) is 0 Å². The zero-order valence-electron chi connectivity index (χ0n) is 18.4. The van der Waals surface area contributed by atoms with Gasteiger partial charge in [-0.05, 0) is 49.4 Å². The molecule has 0 saturated heterocycles. The molecule has 1 atom stereocenters. The molecule has 1 heterocycles. The molecule has 3 aromatic carbocycles. The predicted octanol–water partition coefficient (Wildman–Crippen LogP) is 3.87. The summed E-state index contributed by atoms with van der Waals surface area (Å²) in [4.78, 5) is 63.1. The third-order valence-corrected chi connectivity index (χ3v) is 5.28. The highest BCUT2D eigenvalue weighted by molar-refractivity contribution is 6.34. The maximum absolute atomic E-state index is 13.0. The summed E-state index contributed by atoms with van der Waals surface area (Å²) < 4.78 is 5.30. The molecule has 34 heavy (non-hydrogen) atoms. The highest BCUT2D eigenvalue weighted by Crippen LogP contribution is 2.30. The van der Waals surface area contributed by atoms with E-state index in [1.165, 1.54) is 32.0 Å². The van der Waals surface area contributed by atoms with E-state index in [2.05, 4.69) is 5.32 Å². The molecule has 1 N–H and O–H groups in total. The minimum absolute atomic E-state index is 0.0514. The number of imide groups is 1. The van der Waals surface area contributed by atoms with Crippen molar-refractivity contribution in [1.82, 2.24) is 0 Å². The number of hydrogen-bond donors (Lipinski definition) is 1. The Morgan fingerprint density at radius 2 is 1.47 bits per heavy atom. The first-order valence-electron chi connectivity index (χ1n) is 10.5. The Morgan fingerprint density at radius 1 is 0.824 bits per heavy atom. The van der Waals surface area contributed by atoms with E-state index in [4.69, 9.17) is 4.74 Å². The van der Waals surface area contributed by atoms with Gasteiger partial charge in [0.15, 0.2) is 6.10 Å². The number of amides is 3. The Kier molecular flexibility index (Phi) is 6.05. The lowest BCUT2D eigenvalue weighted by Crippen LogP contribution is -2.29. The Morgan fingerprint density at radius 3 is 2.12 bits per heavy atom. The Hall–Kier alpha value is -4.59. The second kappa shape index (κ2) is 9.11. The van der Waals surface area contributed by atoms with E-state index in [0.717, 1.165) is 4.90 Å². The molecule has 0 aliphatic carbocycles. The van der Waals surface area contributed by atoms with E-state index >= 15 is 0 Å². The standard InChI is InChI=1S/C26H20N2O6/c1-15(23(30)17-6-4-3-5-7-17)34-26(33)18-8-13-21-22(14-18)25(32)28(24(21)31)20-11-9-19(10-12-20)27-16(2)29/h3-15H,1-2H3,(H,27,29). The Balaban J connectivity index is 1.52. The zero-order valence-corrected chi connectivity index (χ0v) is 18.4. The van der Waals surface area contributed by atoms with Gasteiger partial charge >= 0.3 is 5.97 Å². The molecule has 1 aliphatic heterocycles. The van der Waals surface area contributed by atoms with E-state index < -0.39 is 23.9 Å². The Labute approximate surface area is 195 Å². The van der Waals surface area contributed by atoms with Crippen molar-refractivity contribution in [2.75, 3.05) is 10.2 Å². The summed E-state index contributed by atoms with van der Waals surface area (Å²) in [5, 5.41) is 2.61. The van der Waals surface area contributed by atoms with E-state index in [1.54, 1.807) is 54.6 Å². The summed E-state index contributed by atoms with van der Waals surface area (Å²) in [7, 11) is 0. The van der Waals surface area contributed by atoms with E-state index in [9.17, 15) is 24.0 Å². The molecule has 0 fully saturated rings. The van der Waals surface area contributed by atoms with Crippen LogP contribution < -0.4 is 10.2 Å². The van der Waals surface area contributed by atoms with Crippen molar-refractivity contribution in [2.45, 2.75) is 20.0 Å². The molecule has 1 aliphatic rings. The molecule has 170 valence electrons. The summed E-state index contributed by atoms with van der Waals surface area (Å²) in [6.45, 7) is 2.85. The van der Waals surface area contributed by atoms with Gasteiger partial charge in [-0.25, -0.2) is 9.69 Å². The van der Waals surface area contributed by atoms with E-state index in [0.29, 0.717) is 16.9 Å². The fraction of sp³-hybridized carbons (Fsp3) is 0.115. The molecular formula is C26H20N2O6. The quantitative estimate of drug-likeness (QED) is 0.343. The number of benzene rings is 3. The number of esters is 1. The van der Waals surface area contributed by atoms with Crippen LogP contribution in [-0.2, 0) is 9.53 Å². The average molecular weight is 456 g/mol. The smallest absolute Gasteiger partial charge is 0.338 e. The van der Waals surface area contributed by atoms with Gasteiger partial charge in [-0.3, -0.25) is 19.2 Å². The molecule has 3 aromatic rings.